The number of aromatic nitrogens is 2. The highest BCUT2D eigenvalue weighted by Crippen LogP contribution is 2.43. The summed E-state index contributed by atoms with van der Waals surface area (Å²) in [5.41, 5.74) is 14.0. The van der Waals surface area contributed by atoms with E-state index in [1.54, 1.807) is 0 Å². The molecule has 2 heteroatoms. The van der Waals surface area contributed by atoms with Crippen LogP contribution in [0.5, 0.6) is 0 Å². The Kier molecular flexibility index (Phi) is 11.8. The van der Waals surface area contributed by atoms with E-state index in [0.29, 0.717) is 0 Å². The molecule has 0 saturated heterocycles. The Labute approximate surface area is 251 Å². The van der Waals surface area contributed by atoms with Gasteiger partial charge in [-0.05, 0) is 94.0 Å². The molecule has 5 aromatic rings. The lowest BCUT2D eigenvalue weighted by Crippen LogP contribution is -2.20. The first-order valence-corrected chi connectivity index (χ1v) is 16.0. The molecule has 0 saturated carbocycles. The molecule has 2 nitrogen and oxygen atoms in total. The molecule has 0 aliphatic heterocycles. The molecule has 3 aromatic carbocycles. The van der Waals surface area contributed by atoms with Crippen LogP contribution in [0.1, 0.15) is 114 Å². The zero-order chi connectivity index (χ0) is 31.2. The minimum atomic E-state index is 0.0952. The number of hydrogen-bond acceptors (Lipinski definition) is 1. The Hall–Kier alpha value is -3.13. The summed E-state index contributed by atoms with van der Waals surface area (Å²) >= 11 is 0. The third-order valence-electron chi connectivity index (χ3n) is 8.37. The van der Waals surface area contributed by atoms with E-state index in [2.05, 4.69) is 109 Å². The Morgan fingerprint density at radius 1 is 0.659 bits per heavy atom. The molecule has 2 heterocycles. The van der Waals surface area contributed by atoms with E-state index >= 15 is 0 Å². The molecular formula is C39H56N2. The Morgan fingerprint density at radius 2 is 1.17 bits per heavy atom. The summed E-state index contributed by atoms with van der Waals surface area (Å²) in [4.78, 5) is 5.33. The van der Waals surface area contributed by atoms with Crippen LogP contribution in [0.2, 0.25) is 0 Å². The zero-order valence-corrected chi connectivity index (χ0v) is 28.9. The van der Waals surface area contributed by atoms with E-state index in [4.69, 9.17) is 4.98 Å². The van der Waals surface area contributed by atoms with Gasteiger partial charge in [0.05, 0.1) is 16.9 Å². The number of imidazole rings is 1. The molecule has 0 aliphatic rings. The zero-order valence-electron chi connectivity index (χ0n) is 28.9. The maximum atomic E-state index is 5.33. The van der Waals surface area contributed by atoms with Crippen molar-refractivity contribution >= 4 is 27.3 Å². The number of nitrogens with zero attached hydrogens (tertiary/aromatic N) is 2. The first-order chi connectivity index (χ1) is 19.6. The van der Waals surface area contributed by atoms with Crippen LogP contribution in [-0.2, 0) is 5.41 Å². The van der Waals surface area contributed by atoms with Gasteiger partial charge in [0, 0.05) is 16.3 Å². The third kappa shape index (κ3) is 6.08. The lowest BCUT2D eigenvalue weighted by Gasteiger charge is -2.30. The van der Waals surface area contributed by atoms with Crippen LogP contribution in [0, 0.1) is 41.5 Å². The predicted octanol–water partition coefficient (Wildman–Crippen LogP) is 12.3. The third-order valence-corrected chi connectivity index (χ3v) is 8.37. The molecule has 0 aliphatic carbocycles. The molecule has 0 spiro atoms. The molecule has 0 N–H and O–H groups in total. The summed E-state index contributed by atoms with van der Waals surface area (Å²) in [6, 6.07) is 16.3. The minimum absolute atomic E-state index is 0.0952. The van der Waals surface area contributed by atoms with Gasteiger partial charge in [0.2, 0.25) is 0 Å². The number of benzene rings is 3. The first-order valence-electron chi connectivity index (χ1n) is 16.0. The fourth-order valence-electron chi connectivity index (χ4n) is 6.19. The summed E-state index contributed by atoms with van der Waals surface area (Å²) in [7, 11) is 0. The van der Waals surface area contributed by atoms with Gasteiger partial charge in [0.25, 0.3) is 0 Å². The Morgan fingerprint density at radius 3 is 1.71 bits per heavy atom. The normalized spacial score (nSPS) is 11.0. The van der Waals surface area contributed by atoms with Crippen LogP contribution in [0.3, 0.4) is 0 Å². The van der Waals surface area contributed by atoms with Crippen molar-refractivity contribution in [2.75, 3.05) is 0 Å². The fourth-order valence-corrected chi connectivity index (χ4v) is 6.19. The standard InChI is InChI=1S/C33H38N2.3C2H6/c1-10-33(9,11-2)27-18-21(5)17-26-25-16-19(3)12-13-28(25)35-31(24(8)34-32(35)30(26)27)29-22(6)14-20(4)15-23(29)7;3*1-2/h12-18H,10-11H2,1-9H3;3*1-2H3. The van der Waals surface area contributed by atoms with E-state index in [0.717, 1.165) is 24.2 Å². The number of pyridine rings is 1. The number of fused-ring (bicyclic) bond motifs is 6. The maximum absolute atomic E-state index is 5.33. The van der Waals surface area contributed by atoms with E-state index in [-0.39, 0.29) is 5.41 Å². The maximum Gasteiger partial charge on any atom is 0.146 e. The second kappa shape index (κ2) is 14.2. The summed E-state index contributed by atoms with van der Waals surface area (Å²) in [5, 5.41) is 3.96. The number of rotatable bonds is 4. The second-order valence-electron chi connectivity index (χ2n) is 11.0. The van der Waals surface area contributed by atoms with Gasteiger partial charge in [-0.3, -0.25) is 4.40 Å². The molecule has 0 fully saturated rings. The van der Waals surface area contributed by atoms with Crippen molar-refractivity contribution < 1.29 is 0 Å². The van der Waals surface area contributed by atoms with E-state index in [1.165, 1.54) is 66.3 Å². The van der Waals surface area contributed by atoms with Crippen molar-refractivity contribution in [3.05, 3.63) is 81.5 Å². The SMILES string of the molecule is CC.CC.CC.CCC(C)(CC)c1cc(C)cc2c3cc(C)ccc3n3c(-c4c(C)cc(C)cc4C)c(C)nc3c12. The minimum Gasteiger partial charge on any atom is -0.291 e. The summed E-state index contributed by atoms with van der Waals surface area (Å²) in [6.07, 6.45) is 2.20. The van der Waals surface area contributed by atoms with Gasteiger partial charge in [-0.15, -0.1) is 0 Å². The summed E-state index contributed by atoms with van der Waals surface area (Å²) in [5.74, 6) is 0. The number of hydrogen-bond donors (Lipinski definition) is 0. The lowest BCUT2D eigenvalue weighted by molar-refractivity contribution is 0.442. The molecule has 0 unspecified atom stereocenters. The Balaban J connectivity index is 0.000000921. The molecule has 0 bridgehead atoms. The van der Waals surface area contributed by atoms with Crippen LogP contribution >= 0.6 is 0 Å². The summed E-state index contributed by atoms with van der Waals surface area (Å²) < 4.78 is 2.46. The predicted molar refractivity (Wildman–Crippen MR) is 186 cm³/mol. The van der Waals surface area contributed by atoms with Crippen molar-refractivity contribution in [1.29, 1.82) is 0 Å². The first kappa shape index (κ1) is 34.1. The molecule has 0 amide bonds. The largest absolute Gasteiger partial charge is 0.291 e. The molecule has 0 radical (unpaired) electrons. The lowest BCUT2D eigenvalue weighted by atomic mass is 9.75. The van der Waals surface area contributed by atoms with Crippen molar-refractivity contribution in [3.63, 3.8) is 0 Å². The van der Waals surface area contributed by atoms with Crippen LogP contribution in [-0.4, -0.2) is 9.38 Å². The second-order valence-corrected chi connectivity index (χ2v) is 11.0. The van der Waals surface area contributed by atoms with Crippen LogP contribution in [0.4, 0.5) is 0 Å². The van der Waals surface area contributed by atoms with Gasteiger partial charge in [-0.1, -0.05) is 109 Å². The highest BCUT2D eigenvalue weighted by molar-refractivity contribution is 6.14. The van der Waals surface area contributed by atoms with Crippen LogP contribution < -0.4 is 0 Å². The van der Waals surface area contributed by atoms with E-state index in [1.807, 2.05) is 41.5 Å². The summed E-state index contributed by atoms with van der Waals surface area (Å²) in [6.45, 7) is 32.3. The van der Waals surface area contributed by atoms with Gasteiger partial charge in [0.1, 0.15) is 5.65 Å². The van der Waals surface area contributed by atoms with Crippen molar-refractivity contribution in [1.82, 2.24) is 9.38 Å². The topological polar surface area (TPSA) is 17.3 Å². The molecule has 0 atom stereocenters. The smallest absolute Gasteiger partial charge is 0.146 e. The molecule has 41 heavy (non-hydrogen) atoms. The molecule has 2 aromatic heterocycles. The van der Waals surface area contributed by atoms with Gasteiger partial charge in [-0.25, -0.2) is 4.98 Å². The molecule has 5 rings (SSSR count). The average Bonchev–Trinajstić information content (AvgIpc) is 3.31. The van der Waals surface area contributed by atoms with Crippen molar-refractivity contribution in [2.24, 2.45) is 0 Å². The highest BCUT2D eigenvalue weighted by atomic mass is 15.0. The average molecular weight is 553 g/mol. The quantitative estimate of drug-likeness (QED) is 0.203. The van der Waals surface area contributed by atoms with Gasteiger partial charge in [-0.2, -0.15) is 0 Å². The highest BCUT2D eigenvalue weighted by Gasteiger charge is 2.29. The van der Waals surface area contributed by atoms with Gasteiger partial charge in [0.15, 0.2) is 0 Å². The Bertz CT molecular complexity index is 1600. The molecule has 222 valence electrons. The fraction of sp³-hybridized carbons (Fsp3) is 0.462. The van der Waals surface area contributed by atoms with Gasteiger partial charge >= 0.3 is 0 Å². The van der Waals surface area contributed by atoms with Gasteiger partial charge < -0.3 is 0 Å². The van der Waals surface area contributed by atoms with Crippen LogP contribution in [0.25, 0.3) is 38.6 Å². The number of aryl methyl sites for hydroxylation is 6. The van der Waals surface area contributed by atoms with Crippen molar-refractivity contribution in [3.8, 4) is 11.3 Å². The van der Waals surface area contributed by atoms with E-state index in [9.17, 15) is 0 Å². The van der Waals surface area contributed by atoms with E-state index < -0.39 is 0 Å². The van der Waals surface area contributed by atoms with Crippen LogP contribution in [0.15, 0.2) is 42.5 Å². The monoisotopic (exact) mass is 552 g/mol. The molecular weight excluding hydrogens is 496 g/mol. The van der Waals surface area contributed by atoms with Crippen molar-refractivity contribution in [2.45, 2.75) is 122 Å².